The van der Waals surface area contributed by atoms with Gasteiger partial charge in [0.1, 0.15) is 0 Å². The van der Waals surface area contributed by atoms with Crippen LogP contribution in [-0.2, 0) is 14.8 Å². The summed E-state index contributed by atoms with van der Waals surface area (Å²) >= 11 is 6.55. The molecular weight excluding hydrogens is 426 g/mol. The third-order valence-electron chi connectivity index (χ3n) is 3.53. The van der Waals surface area contributed by atoms with Crippen molar-refractivity contribution in [1.82, 2.24) is 4.31 Å². The highest BCUT2D eigenvalue weighted by molar-refractivity contribution is 9.11. The molecule has 1 N–H and O–H groups in total. The Morgan fingerprint density at radius 3 is 2.76 bits per heavy atom. The van der Waals surface area contributed by atoms with E-state index in [2.05, 4.69) is 31.9 Å². The van der Waals surface area contributed by atoms with E-state index in [0.29, 0.717) is 34.9 Å². The van der Waals surface area contributed by atoms with E-state index < -0.39 is 16.0 Å². The molecule has 1 aliphatic rings. The molecule has 2 rings (SSSR count). The summed E-state index contributed by atoms with van der Waals surface area (Å²) in [5.74, 6) is -0.729. The van der Waals surface area contributed by atoms with Gasteiger partial charge in [-0.05, 0) is 52.9 Å². The van der Waals surface area contributed by atoms with Crippen LogP contribution >= 0.6 is 31.9 Å². The van der Waals surface area contributed by atoms with Gasteiger partial charge in [0.15, 0.2) is 0 Å². The zero-order valence-corrected chi connectivity index (χ0v) is 15.1. The highest BCUT2D eigenvalue weighted by Crippen LogP contribution is 2.32. The van der Waals surface area contributed by atoms with Crippen molar-refractivity contribution >= 4 is 47.9 Å². The summed E-state index contributed by atoms with van der Waals surface area (Å²) in [6.45, 7) is 0.820. The summed E-state index contributed by atoms with van der Waals surface area (Å²) in [7, 11) is -3.55. The van der Waals surface area contributed by atoms with Crippen LogP contribution < -0.4 is 0 Å². The summed E-state index contributed by atoms with van der Waals surface area (Å²) in [6, 6.07) is 5.03. The first-order valence-electron chi connectivity index (χ1n) is 6.47. The number of hydrogen-bond donors (Lipinski definition) is 1. The quantitative estimate of drug-likeness (QED) is 0.763. The van der Waals surface area contributed by atoms with Crippen molar-refractivity contribution in [3.63, 3.8) is 0 Å². The molecule has 1 atom stereocenters. The molecule has 5 nitrogen and oxygen atoms in total. The fraction of sp³-hybridized carbons (Fsp3) is 0.462. The number of rotatable bonds is 5. The minimum Gasteiger partial charge on any atom is -0.481 e. The smallest absolute Gasteiger partial charge is 0.303 e. The molecule has 1 aliphatic heterocycles. The van der Waals surface area contributed by atoms with Crippen LogP contribution in [0.3, 0.4) is 0 Å². The van der Waals surface area contributed by atoms with E-state index in [0.717, 1.165) is 0 Å². The van der Waals surface area contributed by atoms with Crippen molar-refractivity contribution in [3.05, 3.63) is 27.1 Å². The molecule has 0 aliphatic carbocycles. The van der Waals surface area contributed by atoms with Gasteiger partial charge in [-0.15, -0.1) is 0 Å². The molecule has 0 aromatic heterocycles. The van der Waals surface area contributed by atoms with Gasteiger partial charge in [-0.1, -0.05) is 15.9 Å². The first-order valence-corrected chi connectivity index (χ1v) is 9.50. The number of benzene rings is 1. The van der Waals surface area contributed by atoms with Gasteiger partial charge < -0.3 is 5.11 Å². The highest BCUT2D eigenvalue weighted by Gasteiger charge is 2.33. The number of nitrogens with zero attached hydrogens (tertiary/aromatic N) is 1. The molecule has 1 fully saturated rings. The van der Waals surface area contributed by atoms with E-state index in [9.17, 15) is 13.2 Å². The number of carbonyl (C=O) groups is 1. The number of carboxylic acid groups (broad SMARTS) is 1. The lowest BCUT2D eigenvalue weighted by atomic mass is 10.0. The minimum atomic E-state index is -3.55. The third-order valence-corrected chi connectivity index (χ3v) is 6.88. The highest BCUT2D eigenvalue weighted by atomic mass is 79.9. The molecule has 21 heavy (non-hydrogen) atoms. The van der Waals surface area contributed by atoms with Gasteiger partial charge in [0.2, 0.25) is 10.0 Å². The van der Waals surface area contributed by atoms with Crippen LogP contribution in [0.4, 0.5) is 0 Å². The Hall–Kier alpha value is -0.440. The van der Waals surface area contributed by atoms with E-state index in [-0.39, 0.29) is 17.2 Å². The Labute approximate surface area is 140 Å². The first-order chi connectivity index (χ1) is 9.80. The lowest BCUT2D eigenvalue weighted by molar-refractivity contribution is -0.137. The number of halogens is 2. The second-order valence-corrected chi connectivity index (χ2v) is 8.70. The van der Waals surface area contributed by atoms with Crippen molar-refractivity contribution in [2.45, 2.75) is 24.2 Å². The van der Waals surface area contributed by atoms with Gasteiger partial charge in [-0.25, -0.2) is 8.42 Å². The van der Waals surface area contributed by atoms with Crippen molar-refractivity contribution in [2.75, 3.05) is 13.1 Å². The van der Waals surface area contributed by atoms with Crippen LogP contribution in [0.25, 0.3) is 0 Å². The monoisotopic (exact) mass is 439 g/mol. The molecule has 1 saturated heterocycles. The number of carboxylic acids is 1. The van der Waals surface area contributed by atoms with E-state index >= 15 is 0 Å². The fourth-order valence-corrected chi connectivity index (χ4v) is 5.39. The summed E-state index contributed by atoms with van der Waals surface area (Å²) in [5.41, 5.74) is 0. The average molecular weight is 441 g/mol. The Morgan fingerprint density at radius 1 is 1.38 bits per heavy atom. The standard InChI is InChI=1S/C13H15Br2NO4S/c14-10-2-3-11(15)12(7-10)21(19,20)16-6-5-9(8-16)1-4-13(17)18/h2-3,7,9H,1,4-6,8H2,(H,17,18). The maximum atomic E-state index is 12.6. The molecule has 0 saturated carbocycles. The lowest BCUT2D eigenvalue weighted by Crippen LogP contribution is -2.29. The summed E-state index contributed by atoms with van der Waals surface area (Å²) in [4.78, 5) is 10.8. The van der Waals surface area contributed by atoms with Crippen LogP contribution in [0.2, 0.25) is 0 Å². The Bertz CT molecular complexity index is 648. The number of sulfonamides is 1. The fourth-order valence-electron chi connectivity index (χ4n) is 2.39. The van der Waals surface area contributed by atoms with Gasteiger partial charge >= 0.3 is 5.97 Å². The Kier molecular flexibility index (Phi) is 5.45. The number of hydrogen-bond acceptors (Lipinski definition) is 3. The second-order valence-electron chi connectivity index (χ2n) is 5.02. The number of aliphatic carboxylic acids is 1. The van der Waals surface area contributed by atoms with E-state index in [4.69, 9.17) is 5.11 Å². The molecule has 0 spiro atoms. The summed E-state index contributed by atoms with van der Waals surface area (Å²) in [5, 5.41) is 8.70. The minimum absolute atomic E-state index is 0.0825. The Morgan fingerprint density at radius 2 is 2.10 bits per heavy atom. The van der Waals surface area contributed by atoms with Gasteiger partial charge in [0.25, 0.3) is 0 Å². The maximum absolute atomic E-state index is 12.6. The zero-order chi connectivity index (χ0) is 15.6. The molecule has 0 bridgehead atoms. The van der Waals surface area contributed by atoms with Gasteiger partial charge in [0, 0.05) is 28.5 Å². The van der Waals surface area contributed by atoms with E-state index in [1.807, 2.05) is 0 Å². The molecule has 0 amide bonds. The van der Waals surface area contributed by atoms with Gasteiger partial charge in [0.05, 0.1) is 4.90 Å². The van der Waals surface area contributed by atoms with Crippen LogP contribution in [0, 0.1) is 5.92 Å². The SMILES string of the molecule is O=C(O)CCC1CCN(S(=O)(=O)c2cc(Br)ccc2Br)C1. The van der Waals surface area contributed by atoms with Crippen molar-refractivity contribution in [2.24, 2.45) is 5.92 Å². The van der Waals surface area contributed by atoms with Crippen LogP contribution in [0.1, 0.15) is 19.3 Å². The average Bonchev–Trinajstić information content (AvgIpc) is 2.88. The van der Waals surface area contributed by atoms with Crippen LogP contribution in [-0.4, -0.2) is 36.9 Å². The first kappa shape index (κ1) is 16.9. The third kappa shape index (κ3) is 4.06. The van der Waals surface area contributed by atoms with Gasteiger partial charge in [-0.2, -0.15) is 4.31 Å². The second kappa shape index (κ2) is 6.76. The normalized spacial score (nSPS) is 19.8. The molecule has 1 heterocycles. The van der Waals surface area contributed by atoms with E-state index in [1.54, 1.807) is 18.2 Å². The van der Waals surface area contributed by atoms with Crippen LogP contribution in [0.15, 0.2) is 32.0 Å². The van der Waals surface area contributed by atoms with E-state index in [1.165, 1.54) is 4.31 Å². The summed E-state index contributed by atoms with van der Waals surface area (Å²) < 4.78 is 28.0. The summed E-state index contributed by atoms with van der Waals surface area (Å²) in [6.07, 6.45) is 1.30. The molecular formula is C13H15Br2NO4S. The molecule has 116 valence electrons. The topological polar surface area (TPSA) is 74.7 Å². The predicted octanol–water partition coefficient (Wildman–Crippen LogP) is 3.09. The Balaban J connectivity index is 2.14. The van der Waals surface area contributed by atoms with Crippen molar-refractivity contribution < 1.29 is 18.3 Å². The zero-order valence-electron chi connectivity index (χ0n) is 11.1. The maximum Gasteiger partial charge on any atom is 0.303 e. The van der Waals surface area contributed by atoms with Crippen molar-refractivity contribution in [1.29, 1.82) is 0 Å². The van der Waals surface area contributed by atoms with Crippen LogP contribution in [0.5, 0.6) is 0 Å². The molecule has 8 heteroatoms. The lowest BCUT2D eigenvalue weighted by Gasteiger charge is -2.17. The molecule has 1 aromatic rings. The predicted molar refractivity (Wildman–Crippen MR) is 85.6 cm³/mol. The molecule has 1 aromatic carbocycles. The van der Waals surface area contributed by atoms with Crippen molar-refractivity contribution in [3.8, 4) is 0 Å². The van der Waals surface area contributed by atoms with Gasteiger partial charge in [-0.3, -0.25) is 4.79 Å². The largest absolute Gasteiger partial charge is 0.481 e. The molecule has 1 unspecified atom stereocenters. The molecule has 0 radical (unpaired) electrons.